The summed E-state index contributed by atoms with van der Waals surface area (Å²) < 4.78 is 5.30. The molecule has 3 N–H and O–H groups in total. The van der Waals surface area contributed by atoms with Gasteiger partial charge in [-0.1, -0.05) is 154 Å². The number of allylic oxidation sites excluding steroid dienone is 3. The predicted octanol–water partition coefficient (Wildman–Crippen LogP) is 10.5. The maximum atomic E-state index is 12.0. The van der Waals surface area contributed by atoms with Crippen LogP contribution >= 0.6 is 0 Å². The van der Waals surface area contributed by atoms with Crippen LogP contribution in [0.3, 0.4) is 0 Å². The maximum Gasteiger partial charge on any atom is 0.305 e. The molecule has 40 heavy (non-hydrogen) atoms. The molecule has 0 radical (unpaired) electrons. The van der Waals surface area contributed by atoms with Gasteiger partial charge in [0.15, 0.2) is 0 Å². The van der Waals surface area contributed by atoms with Crippen LogP contribution in [0.25, 0.3) is 0 Å². The molecule has 2 unspecified atom stereocenters. The minimum absolute atomic E-state index is 0.0772. The Morgan fingerprint density at radius 1 is 0.600 bits per heavy atom. The lowest BCUT2D eigenvalue weighted by Crippen LogP contribution is -2.38. The summed E-state index contributed by atoms with van der Waals surface area (Å²) in [4.78, 5) is 12.0. The zero-order chi connectivity index (χ0) is 29.4. The summed E-state index contributed by atoms with van der Waals surface area (Å²) in [5.74, 6) is -0.204. The Kier molecular flexibility index (Phi) is 31.5. The van der Waals surface area contributed by atoms with Gasteiger partial charge in [0.1, 0.15) is 6.61 Å². The van der Waals surface area contributed by atoms with Gasteiger partial charge in [0.05, 0.1) is 12.1 Å². The molecular weight excluding hydrogens is 494 g/mol. The van der Waals surface area contributed by atoms with Gasteiger partial charge in [-0.05, 0) is 44.9 Å². The number of rotatable bonds is 31. The van der Waals surface area contributed by atoms with Crippen LogP contribution in [0.4, 0.5) is 0 Å². The molecule has 0 aromatic carbocycles. The van der Waals surface area contributed by atoms with Crippen LogP contribution in [0.1, 0.15) is 181 Å². The quantitative estimate of drug-likeness (QED) is 0.0500. The number of hydrogen-bond acceptors (Lipinski definition) is 4. The molecule has 0 aromatic heterocycles. The van der Waals surface area contributed by atoms with Crippen LogP contribution in [0.15, 0.2) is 24.3 Å². The highest BCUT2D eigenvalue weighted by atomic mass is 16.5. The number of nitrogens with two attached hydrogens (primary N) is 1. The third kappa shape index (κ3) is 29.8. The van der Waals surface area contributed by atoms with E-state index in [0.717, 1.165) is 25.7 Å². The van der Waals surface area contributed by atoms with Crippen molar-refractivity contribution < 1.29 is 14.6 Å². The standard InChI is InChI=1S/C36H69NO3/c1-3-5-7-9-11-13-15-17-18-20-22-24-26-28-30-32-36(39)40-33-34(37)35(38)31-29-27-25-23-21-19-16-14-12-10-8-6-4-2/h17-18,29,31,34-35,38H,3-16,19-28,30,32-33,37H2,1-2H3. The van der Waals surface area contributed by atoms with Gasteiger partial charge in [-0.15, -0.1) is 0 Å². The zero-order valence-corrected chi connectivity index (χ0v) is 26.9. The van der Waals surface area contributed by atoms with E-state index in [9.17, 15) is 9.90 Å². The van der Waals surface area contributed by atoms with E-state index in [4.69, 9.17) is 10.5 Å². The van der Waals surface area contributed by atoms with Gasteiger partial charge >= 0.3 is 5.97 Å². The molecule has 0 aliphatic heterocycles. The Morgan fingerprint density at radius 2 is 0.975 bits per heavy atom. The number of aliphatic hydroxyl groups is 1. The summed E-state index contributed by atoms with van der Waals surface area (Å²) in [6, 6.07) is -0.563. The molecule has 0 aliphatic carbocycles. The van der Waals surface area contributed by atoms with Crippen LogP contribution in [-0.4, -0.2) is 29.8 Å². The fourth-order valence-corrected chi connectivity index (χ4v) is 5.00. The number of carbonyl (C=O) groups is 1. The van der Waals surface area contributed by atoms with Gasteiger partial charge in [0.25, 0.3) is 0 Å². The average molecular weight is 564 g/mol. The zero-order valence-electron chi connectivity index (χ0n) is 26.9. The lowest BCUT2D eigenvalue weighted by molar-refractivity contribution is -0.144. The van der Waals surface area contributed by atoms with E-state index in [0.29, 0.717) is 6.42 Å². The third-order valence-corrected chi connectivity index (χ3v) is 7.83. The summed E-state index contributed by atoms with van der Waals surface area (Å²) in [7, 11) is 0. The third-order valence-electron chi connectivity index (χ3n) is 7.83. The van der Waals surface area contributed by atoms with Crippen molar-refractivity contribution in [2.24, 2.45) is 5.73 Å². The Hall–Kier alpha value is -1.13. The number of unbranched alkanes of at least 4 members (excludes halogenated alkanes) is 22. The second-order valence-corrected chi connectivity index (χ2v) is 11.9. The van der Waals surface area contributed by atoms with E-state index in [1.54, 1.807) is 6.08 Å². The van der Waals surface area contributed by atoms with Crippen molar-refractivity contribution >= 4 is 5.97 Å². The number of aliphatic hydroxyl groups excluding tert-OH is 1. The fourth-order valence-electron chi connectivity index (χ4n) is 5.00. The van der Waals surface area contributed by atoms with E-state index in [2.05, 4.69) is 26.0 Å². The van der Waals surface area contributed by atoms with E-state index in [-0.39, 0.29) is 12.6 Å². The van der Waals surface area contributed by atoms with Gasteiger partial charge in [-0.3, -0.25) is 4.79 Å². The minimum Gasteiger partial charge on any atom is -0.464 e. The van der Waals surface area contributed by atoms with Crippen LogP contribution in [0.2, 0.25) is 0 Å². The van der Waals surface area contributed by atoms with Crippen LogP contribution in [-0.2, 0) is 9.53 Å². The van der Waals surface area contributed by atoms with Gasteiger partial charge < -0.3 is 15.6 Å². The van der Waals surface area contributed by atoms with E-state index in [1.165, 1.54) is 135 Å². The molecule has 0 bridgehead atoms. The molecule has 236 valence electrons. The number of hydrogen-bond donors (Lipinski definition) is 2. The molecule has 0 spiro atoms. The van der Waals surface area contributed by atoms with Crippen molar-refractivity contribution in [3.63, 3.8) is 0 Å². The largest absolute Gasteiger partial charge is 0.464 e. The topological polar surface area (TPSA) is 72.5 Å². The predicted molar refractivity (Wildman–Crippen MR) is 175 cm³/mol. The summed E-state index contributed by atoms with van der Waals surface area (Å²) in [6.45, 7) is 4.61. The normalized spacial score (nSPS) is 13.4. The van der Waals surface area contributed by atoms with E-state index in [1.807, 2.05) is 6.08 Å². The van der Waals surface area contributed by atoms with Gasteiger partial charge in [-0.2, -0.15) is 0 Å². The Bertz CT molecular complexity index is 574. The van der Waals surface area contributed by atoms with Crippen LogP contribution in [0.5, 0.6) is 0 Å². The van der Waals surface area contributed by atoms with E-state index < -0.39 is 12.1 Å². The molecule has 0 amide bonds. The lowest BCUT2D eigenvalue weighted by atomic mass is 10.0. The molecule has 0 aliphatic rings. The summed E-state index contributed by atoms with van der Waals surface area (Å²) in [6.07, 6.45) is 40.0. The van der Waals surface area contributed by atoms with Crippen LogP contribution < -0.4 is 5.73 Å². The molecule has 0 fully saturated rings. The van der Waals surface area contributed by atoms with Crippen molar-refractivity contribution in [3.8, 4) is 0 Å². The maximum absolute atomic E-state index is 12.0. The SMILES string of the molecule is CCCCCCCCC=CCCCCCCCC(=O)OCC(N)C(O)C=CCCCCCCCCCCCCC. The smallest absolute Gasteiger partial charge is 0.305 e. The Morgan fingerprint density at radius 3 is 1.43 bits per heavy atom. The molecule has 0 saturated carbocycles. The first-order valence-corrected chi connectivity index (χ1v) is 17.5. The number of esters is 1. The molecule has 4 heteroatoms. The highest BCUT2D eigenvalue weighted by Crippen LogP contribution is 2.13. The highest BCUT2D eigenvalue weighted by Gasteiger charge is 2.14. The van der Waals surface area contributed by atoms with Crippen molar-refractivity contribution in [3.05, 3.63) is 24.3 Å². The average Bonchev–Trinajstić information content (AvgIpc) is 2.96. The molecule has 0 saturated heterocycles. The van der Waals surface area contributed by atoms with Crippen molar-refractivity contribution in [2.45, 2.75) is 193 Å². The fraction of sp³-hybridized carbons (Fsp3) is 0.861. The second kappa shape index (κ2) is 32.4. The first-order valence-electron chi connectivity index (χ1n) is 17.5. The van der Waals surface area contributed by atoms with Crippen molar-refractivity contribution in [2.75, 3.05) is 6.61 Å². The molecule has 0 heterocycles. The summed E-state index contributed by atoms with van der Waals surface area (Å²) >= 11 is 0. The minimum atomic E-state index is -0.764. The first-order chi connectivity index (χ1) is 19.6. The van der Waals surface area contributed by atoms with Crippen LogP contribution in [0, 0.1) is 0 Å². The highest BCUT2D eigenvalue weighted by molar-refractivity contribution is 5.69. The van der Waals surface area contributed by atoms with Crippen molar-refractivity contribution in [1.29, 1.82) is 0 Å². The van der Waals surface area contributed by atoms with Gasteiger partial charge in [0.2, 0.25) is 0 Å². The summed E-state index contributed by atoms with van der Waals surface area (Å²) in [5, 5.41) is 10.2. The molecule has 2 atom stereocenters. The number of carbonyl (C=O) groups excluding carboxylic acids is 1. The monoisotopic (exact) mass is 564 g/mol. The molecule has 4 nitrogen and oxygen atoms in total. The second-order valence-electron chi connectivity index (χ2n) is 11.9. The number of ether oxygens (including phenoxy) is 1. The first kappa shape index (κ1) is 38.9. The molecule has 0 rings (SSSR count). The lowest BCUT2D eigenvalue weighted by Gasteiger charge is -2.15. The van der Waals surface area contributed by atoms with Gasteiger partial charge in [-0.25, -0.2) is 0 Å². The van der Waals surface area contributed by atoms with E-state index >= 15 is 0 Å². The van der Waals surface area contributed by atoms with Crippen molar-refractivity contribution in [1.82, 2.24) is 0 Å². The van der Waals surface area contributed by atoms with Gasteiger partial charge in [0, 0.05) is 6.42 Å². The molecular formula is C36H69NO3. The molecule has 0 aromatic rings. The summed E-state index contributed by atoms with van der Waals surface area (Å²) in [5.41, 5.74) is 6.01. The Balaban J connectivity index is 3.51. The Labute approximate surface area is 250 Å².